The van der Waals surface area contributed by atoms with Gasteiger partial charge in [0.25, 0.3) is 5.69 Å². The first kappa shape index (κ1) is 17.6. The maximum absolute atomic E-state index is 13.6. The Morgan fingerprint density at radius 2 is 2.08 bits per heavy atom. The van der Waals surface area contributed by atoms with E-state index in [9.17, 15) is 14.5 Å². The molecule has 0 spiro atoms. The first-order chi connectivity index (χ1) is 11.5. The number of ether oxygens (including phenoxy) is 1. The number of nitrogens with one attached hydrogen (secondary N) is 1. The lowest BCUT2D eigenvalue weighted by Crippen LogP contribution is -2.47. The second kappa shape index (κ2) is 7.76. The maximum atomic E-state index is 13.6. The van der Waals surface area contributed by atoms with Crippen molar-refractivity contribution in [3.8, 4) is 0 Å². The Labute approximate surface area is 148 Å². The molecular weight excluding hydrogens is 381 g/mol. The van der Waals surface area contributed by atoms with Gasteiger partial charge in [-0.3, -0.25) is 15.0 Å². The van der Waals surface area contributed by atoms with E-state index in [1.807, 2.05) is 0 Å². The van der Waals surface area contributed by atoms with Gasteiger partial charge < -0.3 is 10.1 Å². The number of nitro groups is 1. The van der Waals surface area contributed by atoms with Crippen LogP contribution in [0.25, 0.3) is 0 Å². The van der Waals surface area contributed by atoms with Gasteiger partial charge in [-0.05, 0) is 47.7 Å². The molecule has 1 atom stereocenters. The zero-order valence-corrected chi connectivity index (χ0v) is 14.9. The van der Waals surface area contributed by atoms with Gasteiger partial charge in [0.2, 0.25) is 0 Å². The zero-order valence-electron chi connectivity index (χ0n) is 13.3. The molecule has 3 rings (SSSR count). The van der Waals surface area contributed by atoms with Crippen LogP contribution in [-0.4, -0.2) is 48.2 Å². The largest absolute Gasteiger partial charge is 0.380 e. The third-order valence-electron chi connectivity index (χ3n) is 4.78. The first-order valence-electron chi connectivity index (χ1n) is 8.26. The normalized spacial score (nSPS) is 23.2. The van der Waals surface area contributed by atoms with Gasteiger partial charge in [0.05, 0.1) is 22.1 Å². The Morgan fingerprint density at radius 3 is 2.71 bits per heavy atom. The zero-order chi connectivity index (χ0) is 17.1. The minimum atomic E-state index is -0.626. The van der Waals surface area contributed by atoms with Crippen LogP contribution in [0.2, 0.25) is 0 Å². The molecule has 2 fully saturated rings. The average Bonchev–Trinajstić information content (AvgIpc) is 2.59. The third kappa shape index (κ3) is 4.04. The summed E-state index contributed by atoms with van der Waals surface area (Å²) >= 11 is 3.10. The van der Waals surface area contributed by atoms with Gasteiger partial charge in [-0.2, -0.15) is 0 Å². The van der Waals surface area contributed by atoms with Gasteiger partial charge in [0.1, 0.15) is 11.5 Å². The molecule has 2 heterocycles. The van der Waals surface area contributed by atoms with E-state index in [4.69, 9.17) is 4.74 Å². The summed E-state index contributed by atoms with van der Waals surface area (Å²) in [4.78, 5) is 13.0. The van der Waals surface area contributed by atoms with Crippen molar-refractivity contribution < 1.29 is 14.1 Å². The number of halogens is 2. The highest BCUT2D eigenvalue weighted by molar-refractivity contribution is 9.10. The molecule has 2 aliphatic rings. The van der Waals surface area contributed by atoms with Crippen LogP contribution in [0.15, 0.2) is 16.6 Å². The van der Waals surface area contributed by atoms with Crippen LogP contribution in [0, 0.1) is 15.9 Å². The van der Waals surface area contributed by atoms with Crippen LogP contribution < -0.4 is 5.32 Å². The number of hydrogen-bond acceptors (Lipinski definition) is 5. The van der Waals surface area contributed by atoms with Crippen LogP contribution in [0.4, 0.5) is 15.8 Å². The quantitative estimate of drug-likeness (QED) is 0.616. The van der Waals surface area contributed by atoms with E-state index < -0.39 is 10.7 Å². The predicted molar refractivity (Wildman–Crippen MR) is 92.8 cm³/mol. The van der Waals surface area contributed by atoms with Crippen molar-refractivity contribution in [3.63, 3.8) is 0 Å². The molecule has 24 heavy (non-hydrogen) atoms. The minimum Gasteiger partial charge on any atom is -0.380 e. The lowest BCUT2D eigenvalue weighted by atomic mass is 10.00. The van der Waals surface area contributed by atoms with E-state index in [1.165, 1.54) is 12.5 Å². The fourth-order valence-electron chi connectivity index (χ4n) is 3.44. The summed E-state index contributed by atoms with van der Waals surface area (Å²) in [7, 11) is 0. The summed E-state index contributed by atoms with van der Waals surface area (Å²) in [5, 5.41) is 14.4. The summed E-state index contributed by atoms with van der Waals surface area (Å²) in [6.45, 7) is 3.55. The molecule has 2 aliphatic heterocycles. The van der Waals surface area contributed by atoms with Gasteiger partial charge in [0, 0.05) is 31.8 Å². The van der Waals surface area contributed by atoms with Gasteiger partial charge >= 0.3 is 0 Å². The van der Waals surface area contributed by atoms with Crippen LogP contribution in [0.5, 0.6) is 0 Å². The first-order valence-corrected chi connectivity index (χ1v) is 9.05. The van der Waals surface area contributed by atoms with E-state index >= 15 is 0 Å². The Hall–Kier alpha value is -1.25. The van der Waals surface area contributed by atoms with Gasteiger partial charge in [-0.1, -0.05) is 0 Å². The van der Waals surface area contributed by atoms with E-state index in [0.717, 1.165) is 51.6 Å². The van der Waals surface area contributed by atoms with Crippen molar-refractivity contribution in [2.75, 3.05) is 31.6 Å². The Kier molecular flexibility index (Phi) is 5.68. The lowest BCUT2D eigenvalue weighted by molar-refractivity contribution is -0.384. The van der Waals surface area contributed by atoms with Gasteiger partial charge in [0.15, 0.2) is 0 Å². The molecule has 0 amide bonds. The Bertz CT molecular complexity index is 602. The molecule has 132 valence electrons. The van der Waals surface area contributed by atoms with Crippen LogP contribution >= 0.6 is 15.9 Å². The summed E-state index contributed by atoms with van der Waals surface area (Å²) in [6, 6.07) is 3.06. The van der Waals surface area contributed by atoms with E-state index in [1.54, 1.807) is 0 Å². The van der Waals surface area contributed by atoms with E-state index in [2.05, 4.69) is 26.1 Å². The van der Waals surface area contributed by atoms with Gasteiger partial charge in [-0.15, -0.1) is 0 Å². The average molecular weight is 402 g/mol. The van der Waals surface area contributed by atoms with Crippen LogP contribution in [0.1, 0.15) is 25.7 Å². The molecule has 0 aromatic heterocycles. The molecule has 2 saturated heterocycles. The smallest absolute Gasteiger partial charge is 0.295 e. The maximum Gasteiger partial charge on any atom is 0.295 e. The summed E-state index contributed by atoms with van der Waals surface area (Å²) in [5.41, 5.74) is 0.145. The number of benzene rings is 1. The summed E-state index contributed by atoms with van der Waals surface area (Å²) in [6.07, 6.45) is 4.10. The van der Waals surface area contributed by atoms with Crippen LogP contribution in [0.3, 0.4) is 0 Å². The van der Waals surface area contributed by atoms with Crippen molar-refractivity contribution in [1.82, 2.24) is 4.90 Å². The minimum absolute atomic E-state index is 0.154. The monoisotopic (exact) mass is 401 g/mol. The number of hydrogen-bond donors (Lipinski definition) is 1. The molecule has 1 N–H and O–H groups in total. The van der Waals surface area contributed by atoms with Crippen molar-refractivity contribution in [2.24, 2.45) is 0 Å². The van der Waals surface area contributed by atoms with Gasteiger partial charge in [-0.25, -0.2) is 4.39 Å². The number of rotatable bonds is 4. The lowest BCUT2D eigenvalue weighted by Gasteiger charge is -2.39. The molecule has 0 aliphatic carbocycles. The van der Waals surface area contributed by atoms with Crippen molar-refractivity contribution in [2.45, 2.75) is 37.8 Å². The van der Waals surface area contributed by atoms with Crippen molar-refractivity contribution in [3.05, 3.63) is 32.5 Å². The Morgan fingerprint density at radius 1 is 1.33 bits per heavy atom. The van der Waals surface area contributed by atoms with Crippen molar-refractivity contribution >= 4 is 27.3 Å². The number of nitro benzene ring substituents is 1. The van der Waals surface area contributed by atoms with E-state index in [0.29, 0.717) is 11.7 Å². The predicted octanol–water partition coefficient (Wildman–Crippen LogP) is 3.55. The summed E-state index contributed by atoms with van der Waals surface area (Å²) in [5.74, 6) is -0.626. The molecule has 1 aromatic rings. The molecule has 6 nitrogen and oxygen atoms in total. The number of likely N-dealkylation sites (tertiary alicyclic amines) is 1. The molecule has 0 saturated carbocycles. The SMILES string of the molecule is O=[N+]([O-])c1cc(F)c(Br)cc1NC1CCN(C2CCCOC2)CC1. The highest BCUT2D eigenvalue weighted by atomic mass is 79.9. The molecule has 0 radical (unpaired) electrons. The number of nitrogens with zero attached hydrogens (tertiary/aromatic N) is 2. The second-order valence-electron chi connectivity index (χ2n) is 6.37. The molecule has 1 aromatic carbocycles. The fourth-order valence-corrected chi connectivity index (χ4v) is 3.79. The topological polar surface area (TPSA) is 67.6 Å². The van der Waals surface area contributed by atoms with E-state index in [-0.39, 0.29) is 16.2 Å². The number of anilines is 1. The molecule has 0 bridgehead atoms. The van der Waals surface area contributed by atoms with Crippen LogP contribution in [-0.2, 0) is 4.74 Å². The highest BCUT2D eigenvalue weighted by Gasteiger charge is 2.28. The molecule has 8 heteroatoms. The fraction of sp³-hybridized carbons (Fsp3) is 0.625. The second-order valence-corrected chi connectivity index (χ2v) is 7.22. The highest BCUT2D eigenvalue weighted by Crippen LogP contribution is 2.32. The standard InChI is InChI=1S/C16H21BrFN3O3/c17-13-8-15(16(21(22)23)9-14(13)18)19-11-3-5-20(6-4-11)12-2-1-7-24-10-12/h8-9,11-12,19H,1-7,10H2. The van der Waals surface area contributed by atoms with Crippen molar-refractivity contribution in [1.29, 1.82) is 0 Å². The Balaban J connectivity index is 1.61. The molecule has 1 unspecified atom stereocenters. The third-order valence-corrected chi connectivity index (χ3v) is 5.38. The molecular formula is C16H21BrFN3O3. The summed E-state index contributed by atoms with van der Waals surface area (Å²) < 4.78 is 19.3. The number of piperidine rings is 1.